The number of para-hydroxylation sites is 1. The van der Waals surface area contributed by atoms with Crippen LogP contribution in [0.15, 0.2) is 109 Å². The summed E-state index contributed by atoms with van der Waals surface area (Å²) in [6, 6.07) is 40.1. The second-order valence-electron chi connectivity index (χ2n) is 10.3. The van der Waals surface area contributed by atoms with Crippen molar-refractivity contribution in [1.29, 1.82) is 0 Å². The maximum Gasteiger partial charge on any atom is 0.485 e. The Kier molecular flexibility index (Phi) is 7.20. The van der Waals surface area contributed by atoms with E-state index >= 15 is 0 Å². The minimum atomic E-state index is -6.09. The Labute approximate surface area is 242 Å². The van der Waals surface area contributed by atoms with Crippen molar-refractivity contribution in [1.82, 2.24) is 0 Å². The number of fused-ring (bicyclic) bond motifs is 6. The van der Waals surface area contributed by atoms with Gasteiger partial charge in [0.15, 0.2) is 10.1 Å². The minimum Gasteiger partial charge on any atom is -0.741 e. The van der Waals surface area contributed by atoms with Crippen LogP contribution in [0.2, 0.25) is 0 Å². The van der Waals surface area contributed by atoms with Crippen molar-refractivity contribution in [2.45, 2.75) is 31.2 Å². The topological polar surface area (TPSA) is 61.1 Å². The summed E-state index contributed by atoms with van der Waals surface area (Å²) in [6.07, 6.45) is 4.32. The van der Waals surface area contributed by atoms with E-state index in [9.17, 15) is 13.2 Å². The van der Waals surface area contributed by atoms with E-state index in [-0.39, 0.29) is 0 Å². The fourth-order valence-corrected chi connectivity index (χ4v) is 6.10. The molecule has 8 heteroatoms. The highest BCUT2D eigenvalue weighted by molar-refractivity contribution is 7.86. The Morgan fingerprint density at radius 1 is 0.595 bits per heavy atom. The number of halogens is 3. The summed E-state index contributed by atoms with van der Waals surface area (Å²) in [5.41, 5.74) is 9.74. The van der Waals surface area contributed by atoms with Crippen LogP contribution >= 0.6 is 0 Å². The molecule has 2 aliphatic rings. The second-order valence-corrected chi connectivity index (χ2v) is 11.7. The molecule has 4 aromatic carbocycles. The molecule has 4 nitrogen and oxygen atoms in total. The molecule has 0 radical (unpaired) electrons. The first-order valence-corrected chi connectivity index (χ1v) is 15.0. The third-order valence-electron chi connectivity index (χ3n) is 7.82. The third-order valence-corrected chi connectivity index (χ3v) is 8.38. The van der Waals surface area contributed by atoms with Gasteiger partial charge >= 0.3 is 5.51 Å². The lowest BCUT2D eigenvalue weighted by molar-refractivity contribution is -0.573. The Morgan fingerprint density at radius 2 is 1.00 bits per heavy atom. The van der Waals surface area contributed by atoms with Gasteiger partial charge in [-0.1, -0.05) is 84.9 Å². The lowest BCUT2D eigenvalue weighted by Gasteiger charge is -2.28. The number of aromatic nitrogens is 1. The third kappa shape index (κ3) is 5.01. The number of rotatable bonds is 2. The molecule has 5 aromatic rings. The molecule has 1 aromatic heterocycles. The standard InChI is InChI=1S/C33H26N.CHF3O3S/c1-3-13-25(14-4-1)31-29-21-19-23-11-7-9-17-27(23)32(29)34(26-15-5-2-6-16-26)33-28-18-10-8-12-24(28)20-22-30(31)33;2-1(3,4)8(5,6)7/h1-18H,19-22H2;(H,5,6,7)/q+1;/p-1. The van der Waals surface area contributed by atoms with Crippen molar-refractivity contribution in [2.75, 3.05) is 0 Å². The van der Waals surface area contributed by atoms with Gasteiger partial charge in [-0.05, 0) is 54.5 Å². The minimum absolute atomic E-state index is 1.07. The quantitative estimate of drug-likeness (QED) is 0.125. The highest BCUT2D eigenvalue weighted by Crippen LogP contribution is 2.45. The van der Waals surface area contributed by atoms with Gasteiger partial charge in [0.05, 0.1) is 11.1 Å². The zero-order chi connectivity index (χ0) is 29.5. The summed E-state index contributed by atoms with van der Waals surface area (Å²) < 4.78 is 61.5. The summed E-state index contributed by atoms with van der Waals surface area (Å²) in [4.78, 5) is 0. The van der Waals surface area contributed by atoms with E-state index in [1.165, 1.54) is 61.6 Å². The number of hydrogen-bond acceptors (Lipinski definition) is 3. The van der Waals surface area contributed by atoms with Crippen LogP contribution in [0.3, 0.4) is 0 Å². The summed E-state index contributed by atoms with van der Waals surface area (Å²) >= 11 is 0. The number of pyridine rings is 1. The molecule has 1 heterocycles. The molecule has 0 spiro atoms. The van der Waals surface area contributed by atoms with Crippen molar-refractivity contribution >= 4 is 10.1 Å². The summed E-state index contributed by atoms with van der Waals surface area (Å²) in [6.45, 7) is 0. The van der Waals surface area contributed by atoms with Gasteiger partial charge in [-0.25, -0.2) is 8.42 Å². The van der Waals surface area contributed by atoms with Gasteiger partial charge in [-0.15, -0.1) is 0 Å². The fraction of sp³-hybridized carbons (Fsp3) is 0.147. The van der Waals surface area contributed by atoms with Crippen LogP contribution in [0.25, 0.3) is 39.3 Å². The molecule has 0 atom stereocenters. The summed E-state index contributed by atoms with van der Waals surface area (Å²) in [5, 5.41) is 0. The lowest BCUT2D eigenvalue weighted by atomic mass is 9.77. The van der Waals surface area contributed by atoms with E-state index in [0.717, 1.165) is 25.7 Å². The van der Waals surface area contributed by atoms with Gasteiger partial charge in [-0.3, -0.25) is 0 Å². The van der Waals surface area contributed by atoms with E-state index in [1.807, 2.05) is 0 Å². The Hall–Kier alpha value is -4.27. The van der Waals surface area contributed by atoms with Crippen LogP contribution in [-0.4, -0.2) is 18.5 Å². The molecular weight excluding hydrogens is 559 g/mol. The molecule has 0 saturated heterocycles. The molecule has 0 fully saturated rings. The van der Waals surface area contributed by atoms with Crippen LogP contribution in [0.1, 0.15) is 22.3 Å². The maximum atomic E-state index is 10.7. The maximum absolute atomic E-state index is 10.7. The van der Waals surface area contributed by atoms with Crippen LogP contribution in [-0.2, 0) is 35.8 Å². The van der Waals surface area contributed by atoms with Crippen LogP contribution in [0, 0.1) is 0 Å². The molecule has 2 aliphatic carbocycles. The monoisotopic (exact) mass is 585 g/mol. The van der Waals surface area contributed by atoms with E-state index in [4.69, 9.17) is 13.0 Å². The summed E-state index contributed by atoms with van der Waals surface area (Å²) in [7, 11) is -6.09. The predicted molar refractivity (Wildman–Crippen MR) is 155 cm³/mol. The highest BCUT2D eigenvalue weighted by Gasteiger charge is 2.39. The van der Waals surface area contributed by atoms with Gasteiger partial charge in [-0.2, -0.15) is 17.7 Å². The molecule has 0 amide bonds. The fourth-order valence-electron chi connectivity index (χ4n) is 6.10. The van der Waals surface area contributed by atoms with E-state index in [2.05, 4.69) is 114 Å². The van der Waals surface area contributed by atoms with Crippen LogP contribution in [0.5, 0.6) is 0 Å². The highest BCUT2D eigenvalue weighted by atomic mass is 32.2. The van der Waals surface area contributed by atoms with E-state index in [1.54, 1.807) is 0 Å². The Morgan fingerprint density at radius 3 is 1.45 bits per heavy atom. The molecule has 0 aliphatic heterocycles. The van der Waals surface area contributed by atoms with Crippen LogP contribution in [0.4, 0.5) is 13.2 Å². The van der Waals surface area contributed by atoms with Gasteiger partial charge < -0.3 is 4.55 Å². The molecule has 0 bridgehead atoms. The SMILES string of the molecule is O=S(=O)([O-])C(F)(F)F.c1ccc(-c2c3c([n+](-c4ccccc4)c4c2CCc2ccccc2-4)-c2ccccc2CC3)cc1. The molecule has 0 N–H and O–H groups in total. The van der Waals surface area contributed by atoms with E-state index < -0.39 is 15.6 Å². The Balaban J connectivity index is 0.000000350. The zero-order valence-corrected chi connectivity index (χ0v) is 23.3. The van der Waals surface area contributed by atoms with E-state index in [0.29, 0.717) is 0 Å². The molecular formula is C34H26F3NO3S. The first-order chi connectivity index (χ1) is 20.1. The second kappa shape index (κ2) is 10.9. The van der Waals surface area contributed by atoms with Crippen molar-refractivity contribution in [3.63, 3.8) is 0 Å². The van der Waals surface area contributed by atoms with Crippen molar-refractivity contribution in [3.05, 3.63) is 131 Å². The molecule has 0 saturated carbocycles. The molecule has 42 heavy (non-hydrogen) atoms. The molecule has 7 rings (SSSR count). The summed E-state index contributed by atoms with van der Waals surface area (Å²) in [5.74, 6) is 0. The Bertz CT molecular complexity index is 1810. The predicted octanol–water partition coefficient (Wildman–Crippen LogP) is 7.21. The van der Waals surface area contributed by atoms with Crippen molar-refractivity contribution in [3.8, 4) is 39.3 Å². The number of benzene rings is 4. The molecule has 0 unspecified atom stereocenters. The van der Waals surface area contributed by atoms with Gasteiger partial charge in [0.2, 0.25) is 17.1 Å². The number of alkyl halides is 3. The van der Waals surface area contributed by atoms with Crippen LogP contribution < -0.4 is 4.57 Å². The number of aryl methyl sites for hydroxylation is 2. The number of hydrogen-bond donors (Lipinski definition) is 0. The zero-order valence-electron chi connectivity index (χ0n) is 22.4. The smallest absolute Gasteiger partial charge is 0.485 e. The van der Waals surface area contributed by atoms with Gasteiger partial charge in [0.1, 0.15) is 0 Å². The largest absolute Gasteiger partial charge is 0.741 e. The van der Waals surface area contributed by atoms with Gasteiger partial charge in [0.25, 0.3) is 0 Å². The van der Waals surface area contributed by atoms with Gasteiger partial charge in [0, 0.05) is 28.8 Å². The number of nitrogens with zero attached hydrogens (tertiary/aromatic N) is 1. The first kappa shape index (κ1) is 27.9. The lowest BCUT2D eigenvalue weighted by Crippen LogP contribution is -2.41. The van der Waals surface area contributed by atoms with Crippen molar-refractivity contribution < 1.29 is 30.7 Å². The normalized spacial score (nSPS) is 13.5. The van der Waals surface area contributed by atoms with Crippen molar-refractivity contribution in [2.24, 2.45) is 0 Å². The molecule has 212 valence electrons. The first-order valence-electron chi connectivity index (χ1n) is 13.6. The average molecular weight is 586 g/mol. The average Bonchev–Trinajstić information content (AvgIpc) is 2.99.